The number of rotatable bonds is 2. The molecule has 2 saturated carbocycles. The second kappa shape index (κ2) is 7.51. The Morgan fingerprint density at radius 3 is 2.40 bits per heavy atom. The van der Waals surface area contributed by atoms with E-state index in [0.29, 0.717) is 5.92 Å². The topological polar surface area (TPSA) is 15.6 Å². The zero-order valence-corrected chi connectivity index (χ0v) is 19.2. The summed E-state index contributed by atoms with van der Waals surface area (Å²) in [5.74, 6) is 4.41. The summed E-state index contributed by atoms with van der Waals surface area (Å²) < 4.78 is 1.18. The van der Waals surface area contributed by atoms with Crippen molar-refractivity contribution in [3.63, 3.8) is 0 Å². The Morgan fingerprint density at radius 1 is 0.867 bits per heavy atom. The molecule has 2 heterocycles. The maximum atomic E-state index is 5.63. The van der Waals surface area contributed by atoms with Gasteiger partial charge in [-0.1, -0.05) is 58.4 Å². The van der Waals surface area contributed by atoms with Gasteiger partial charge in [0.2, 0.25) is 0 Å². The molecule has 6 rings (SSSR count). The lowest BCUT2D eigenvalue weighted by Crippen LogP contribution is -2.39. The van der Waals surface area contributed by atoms with E-state index in [1.165, 1.54) is 79.5 Å². The zero-order chi connectivity index (χ0) is 20.1. The molecule has 1 saturated heterocycles. The van der Waals surface area contributed by atoms with Crippen LogP contribution < -0.4 is 0 Å². The minimum Gasteiger partial charge on any atom is -0.360 e. The number of halogens is 1. The van der Waals surface area contributed by atoms with Crippen molar-refractivity contribution in [2.75, 3.05) is 13.1 Å². The molecule has 3 heteroatoms. The molecule has 4 unspecified atom stereocenters. The van der Waals surface area contributed by atoms with Gasteiger partial charge in [-0.3, -0.25) is 4.99 Å². The average molecular weight is 463 g/mol. The number of benzene rings is 2. The van der Waals surface area contributed by atoms with Crippen LogP contribution in [0.4, 0.5) is 0 Å². The molecular formula is C27H31BrN2. The van der Waals surface area contributed by atoms with Crippen LogP contribution in [0.25, 0.3) is 0 Å². The van der Waals surface area contributed by atoms with Gasteiger partial charge in [-0.25, -0.2) is 0 Å². The summed E-state index contributed by atoms with van der Waals surface area (Å²) in [4.78, 5) is 8.27. The first-order valence-corrected chi connectivity index (χ1v) is 12.7. The summed E-state index contributed by atoms with van der Waals surface area (Å²) in [6.07, 6.45) is 9.17. The summed E-state index contributed by atoms with van der Waals surface area (Å²) in [7, 11) is 0. The molecule has 2 aliphatic heterocycles. The predicted molar refractivity (Wildman–Crippen MR) is 127 cm³/mol. The Labute approximate surface area is 188 Å². The molecule has 1 spiro atoms. The van der Waals surface area contributed by atoms with Crippen LogP contribution in [0.2, 0.25) is 0 Å². The van der Waals surface area contributed by atoms with E-state index < -0.39 is 0 Å². The van der Waals surface area contributed by atoms with E-state index in [4.69, 9.17) is 4.99 Å². The number of fused-ring (bicyclic) bond motifs is 3. The van der Waals surface area contributed by atoms with E-state index in [1.54, 1.807) is 0 Å². The molecule has 0 aromatic heterocycles. The van der Waals surface area contributed by atoms with Crippen LogP contribution in [-0.4, -0.2) is 29.4 Å². The molecule has 30 heavy (non-hydrogen) atoms. The zero-order valence-electron chi connectivity index (χ0n) is 17.6. The number of piperidine rings is 1. The number of aliphatic imine (C=N–C) groups is 1. The summed E-state index contributed by atoms with van der Waals surface area (Å²) in [5, 5.41) is 0. The highest BCUT2D eigenvalue weighted by molar-refractivity contribution is 9.10. The van der Waals surface area contributed by atoms with Crippen LogP contribution in [-0.2, 0) is 0 Å². The minimum atomic E-state index is 0.183. The minimum absolute atomic E-state index is 0.183. The monoisotopic (exact) mass is 462 g/mol. The van der Waals surface area contributed by atoms with E-state index in [1.807, 2.05) is 0 Å². The van der Waals surface area contributed by atoms with Gasteiger partial charge in [0.1, 0.15) is 0 Å². The Morgan fingerprint density at radius 2 is 1.63 bits per heavy atom. The third-order valence-corrected chi connectivity index (χ3v) is 9.17. The fourth-order valence-corrected chi connectivity index (χ4v) is 7.54. The molecule has 2 aliphatic carbocycles. The van der Waals surface area contributed by atoms with Crippen molar-refractivity contribution in [2.24, 2.45) is 16.8 Å². The van der Waals surface area contributed by atoms with Gasteiger partial charge >= 0.3 is 0 Å². The van der Waals surface area contributed by atoms with Crippen molar-refractivity contribution in [3.05, 3.63) is 70.2 Å². The van der Waals surface area contributed by atoms with E-state index in [0.717, 1.165) is 17.8 Å². The van der Waals surface area contributed by atoms with Crippen LogP contribution in [0, 0.1) is 11.8 Å². The van der Waals surface area contributed by atoms with Crippen molar-refractivity contribution < 1.29 is 0 Å². The largest absolute Gasteiger partial charge is 0.360 e. The highest BCUT2D eigenvalue weighted by Gasteiger charge is 2.60. The lowest BCUT2D eigenvalue weighted by molar-refractivity contribution is 0.234. The van der Waals surface area contributed by atoms with Gasteiger partial charge in [0.25, 0.3) is 0 Å². The average Bonchev–Trinajstić information content (AvgIpc) is 3.51. The molecule has 0 amide bonds. The van der Waals surface area contributed by atoms with Gasteiger partial charge in [-0.05, 0) is 79.5 Å². The summed E-state index contributed by atoms with van der Waals surface area (Å²) in [6, 6.07) is 20.3. The molecule has 4 atom stereocenters. The first-order chi connectivity index (χ1) is 14.7. The summed E-state index contributed by atoms with van der Waals surface area (Å²) in [5.41, 5.74) is 3.23. The molecule has 156 valence electrons. The normalized spacial score (nSPS) is 33.4. The quantitative estimate of drug-likeness (QED) is 0.480. The summed E-state index contributed by atoms with van der Waals surface area (Å²) >= 11 is 3.62. The lowest BCUT2D eigenvalue weighted by atomic mass is 9.69. The second-order valence-corrected chi connectivity index (χ2v) is 10.9. The van der Waals surface area contributed by atoms with Gasteiger partial charge in [-0.2, -0.15) is 0 Å². The molecule has 0 radical (unpaired) electrons. The van der Waals surface area contributed by atoms with Crippen molar-refractivity contribution in [2.45, 2.75) is 62.3 Å². The molecule has 2 bridgehead atoms. The van der Waals surface area contributed by atoms with Crippen LogP contribution >= 0.6 is 15.9 Å². The standard InChI is InChI=1S/C27H31BrN2/c28-24-10-7-21(8-11-24)26-22-6-9-23(18-22)27(26)15-12-25(29-27)30-16-13-20(14-17-30)19-4-2-1-3-5-19/h1-5,7-8,10-11,20,22-23,26H,6,9,12-18H2. The molecule has 2 aromatic rings. The van der Waals surface area contributed by atoms with Gasteiger partial charge in [-0.15, -0.1) is 0 Å². The Hall–Kier alpha value is -1.61. The molecular weight excluding hydrogens is 432 g/mol. The molecule has 2 nitrogen and oxygen atoms in total. The third-order valence-electron chi connectivity index (χ3n) is 8.64. The fourth-order valence-electron chi connectivity index (χ4n) is 7.28. The lowest BCUT2D eigenvalue weighted by Gasteiger charge is -2.39. The molecule has 4 aliphatic rings. The molecule has 3 fully saturated rings. The maximum Gasteiger partial charge on any atom is 0.0997 e. The third kappa shape index (κ3) is 3.07. The van der Waals surface area contributed by atoms with Crippen LogP contribution in [0.1, 0.15) is 67.9 Å². The Bertz CT molecular complexity index is 929. The highest BCUT2D eigenvalue weighted by Crippen LogP contribution is 2.63. The second-order valence-electron chi connectivity index (χ2n) is 9.99. The number of nitrogens with zero attached hydrogens (tertiary/aromatic N) is 2. The number of hydrogen-bond acceptors (Lipinski definition) is 2. The smallest absolute Gasteiger partial charge is 0.0997 e. The maximum absolute atomic E-state index is 5.63. The van der Waals surface area contributed by atoms with Crippen LogP contribution in [0.15, 0.2) is 64.1 Å². The molecule has 0 N–H and O–H groups in total. The predicted octanol–water partition coefficient (Wildman–Crippen LogP) is 6.77. The molecule has 2 aromatic carbocycles. The Kier molecular flexibility index (Phi) is 4.78. The summed E-state index contributed by atoms with van der Waals surface area (Å²) in [6.45, 7) is 2.34. The van der Waals surface area contributed by atoms with Gasteiger partial charge in [0.05, 0.1) is 11.4 Å². The van der Waals surface area contributed by atoms with Crippen molar-refractivity contribution in [1.29, 1.82) is 0 Å². The van der Waals surface area contributed by atoms with E-state index in [-0.39, 0.29) is 5.54 Å². The number of likely N-dealkylation sites (tertiary alicyclic amines) is 1. The van der Waals surface area contributed by atoms with Gasteiger partial charge in [0, 0.05) is 29.9 Å². The first-order valence-electron chi connectivity index (χ1n) is 11.9. The fraction of sp³-hybridized carbons (Fsp3) is 0.519. The van der Waals surface area contributed by atoms with Gasteiger partial charge < -0.3 is 4.90 Å². The Balaban J connectivity index is 1.23. The van der Waals surface area contributed by atoms with Crippen LogP contribution in [0.5, 0.6) is 0 Å². The van der Waals surface area contributed by atoms with Crippen molar-refractivity contribution in [3.8, 4) is 0 Å². The van der Waals surface area contributed by atoms with E-state index >= 15 is 0 Å². The number of amidine groups is 1. The first kappa shape index (κ1) is 19.1. The number of hydrogen-bond donors (Lipinski definition) is 0. The van der Waals surface area contributed by atoms with Crippen molar-refractivity contribution in [1.82, 2.24) is 4.90 Å². The van der Waals surface area contributed by atoms with Crippen LogP contribution in [0.3, 0.4) is 0 Å². The highest BCUT2D eigenvalue weighted by atomic mass is 79.9. The van der Waals surface area contributed by atoms with E-state index in [9.17, 15) is 0 Å². The SMILES string of the molecule is Brc1ccc(C2C3CCC(C3)C23CCC(N2CCC(c4ccccc4)CC2)=N3)cc1. The van der Waals surface area contributed by atoms with Gasteiger partial charge in [0.15, 0.2) is 0 Å². The van der Waals surface area contributed by atoms with E-state index in [2.05, 4.69) is 75.4 Å². The van der Waals surface area contributed by atoms with Crippen molar-refractivity contribution >= 4 is 21.8 Å².